The highest BCUT2D eigenvalue weighted by Crippen LogP contribution is 2.02. The number of carboxylic acids is 1. The number of aliphatic carboxylic acids is 1. The number of hydrogen-bond donors (Lipinski definition) is 2. The number of hydrogen-bond acceptors (Lipinski definition) is 2. The number of H-pyrrole nitrogens is 1. The lowest BCUT2D eigenvalue weighted by Gasteiger charge is -1.95. The molecule has 1 rings (SSSR count). The van der Waals surface area contributed by atoms with Crippen LogP contribution >= 0.6 is 15.9 Å². The normalized spacial score (nSPS) is 9.75. The second kappa shape index (κ2) is 3.53. The van der Waals surface area contributed by atoms with E-state index in [0.29, 0.717) is 4.60 Å². The molecule has 0 aliphatic carbocycles. The van der Waals surface area contributed by atoms with Crippen LogP contribution in [0.2, 0.25) is 0 Å². The Balaban J connectivity index is 3.02. The van der Waals surface area contributed by atoms with E-state index < -0.39 is 5.97 Å². The fourth-order valence-electron chi connectivity index (χ4n) is 0.782. The molecule has 12 heavy (non-hydrogen) atoms. The average molecular weight is 232 g/mol. The third-order valence-electron chi connectivity index (χ3n) is 1.30. The molecule has 1 heterocycles. The van der Waals surface area contributed by atoms with E-state index in [9.17, 15) is 9.59 Å². The molecule has 0 aliphatic rings. The monoisotopic (exact) mass is 231 g/mol. The zero-order valence-corrected chi connectivity index (χ0v) is 7.59. The van der Waals surface area contributed by atoms with Gasteiger partial charge in [0.1, 0.15) is 0 Å². The molecule has 0 atom stereocenters. The fraction of sp³-hybridized carbons (Fsp3) is 0.143. The maximum Gasteiger partial charge on any atom is 0.308 e. The first-order valence-electron chi connectivity index (χ1n) is 3.19. The number of aromatic nitrogens is 1. The summed E-state index contributed by atoms with van der Waals surface area (Å²) in [5.41, 5.74) is -0.113. The minimum Gasteiger partial charge on any atom is -0.481 e. The molecule has 1 aromatic heterocycles. The number of aromatic amines is 1. The second-order valence-electron chi connectivity index (χ2n) is 2.23. The zero-order chi connectivity index (χ0) is 9.14. The van der Waals surface area contributed by atoms with Crippen LogP contribution in [0.4, 0.5) is 0 Å². The van der Waals surface area contributed by atoms with Crippen molar-refractivity contribution >= 4 is 21.9 Å². The number of pyridine rings is 1. The van der Waals surface area contributed by atoms with Crippen LogP contribution in [-0.2, 0) is 11.2 Å². The maximum atomic E-state index is 11.0. The van der Waals surface area contributed by atoms with Crippen molar-refractivity contribution in [3.63, 3.8) is 0 Å². The molecule has 0 bridgehead atoms. The molecule has 0 amide bonds. The lowest BCUT2D eigenvalue weighted by Crippen LogP contribution is -2.15. The number of rotatable bonds is 2. The van der Waals surface area contributed by atoms with E-state index in [0.717, 1.165) is 0 Å². The molecule has 0 spiro atoms. The van der Waals surface area contributed by atoms with E-state index in [2.05, 4.69) is 20.9 Å². The van der Waals surface area contributed by atoms with Crippen molar-refractivity contribution in [2.75, 3.05) is 0 Å². The fourth-order valence-corrected chi connectivity index (χ4v) is 1.09. The summed E-state index contributed by atoms with van der Waals surface area (Å²) < 4.78 is 0.543. The summed E-state index contributed by atoms with van der Waals surface area (Å²) in [5.74, 6) is -1.01. The molecular weight excluding hydrogens is 226 g/mol. The highest BCUT2D eigenvalue weighted by molar-refractivity contribution is 9.10. The third-order valence-corrected chi connectivity index (χ3v) is 1.76. The van der Waals surface area contributed by atoms with Crippen LogP contribution in [-0.4, -0.2) is 16.1 Å². The molecule has 0 aromatic carbocycles. The molecule has 0 aliphatic heterocycles. The van der Waals surface area contributed by atoms with E-state index >= 15 is 0 Å². The second-order valence-corrected chi connectivity index (χ2v) is 3.09. The van der Waals surface area contributed by atoms with Gasteiger partial charge in [-0.3, -0.25) is 9.59 Å². The highest BCUT2D eigenvalue weighted by atomic mass is 79.9. The Kier molecular flexibility index (Phi) is 2.65. The lowest BCUT2D eigenvalue weighted by atomic mass is 10.2. The Bertz CT molecular complexity index is 358. The minimum atomic E-state index is -1.01. The van der Waals surface area contributed by atoms with Gasteiger partial charge in [-0.1, -0.05) is 6.07 Å². The van der Waals surface area contributed by atoms with Gasteiger partial charge in [0.05, 0.1) is 11.0 Å². The van der Waals surface area contributed by atoms with Crippen molar-refractivity contribution in [2.45, 2.75) is 6.42 Å². The Morgan fingerprint density at radius 3 is 2.75 bits per heavy atom. The van der Waals surface area contributed by atoms with Crippen LogP contribution in [0.3, 0.4) is 0 Å². The van der Waals surface area contributed by atoms with Gasteiger partial charge in [-0.25, -0.2) is 0 Å². The summed E-state index contributed by atoms with van der Waals surface area (Å²) in [6, 6.07) is 3.08. The molecule has 0 unspecified atom stereocenters. The molecule has 64 valence electrons. The van der Waals surface area contributed by atoms with Crippen LogP contribution in [0.5, 0.6) is 0 Å². The topological polar surface area (TPSA) is 70.2 Å². The van der Waals surface area contributed by atoms with Gasteiger partial charge in [0.2, 0.25) is 0 Å². The van der Waals surface area contributed by atoms with E-state index in [-0.39, 0.29) is 17.5 Å². The summed E-state index contributed by atoms with van der Waals surface area (Å²) in [5, 5.41) is 8.40. The first-order valence-corrected chi connectivity index (χ1v) is 3.98. The molecule has 0 radical (unpaired) electrons. The van der Waals surface area contributed by atoms with Crippen molar-refractivity contribution < 1.29 is 9.90 Å². The van der Waals surface area contributed by atoms with E-state index in [1.54, 1.807) is 6.07 Å². The van der Waals surface area contributed by atoms with E-state index in [4.69, 9.17) is 5.11 Å². The number of carbonyl (C=O) groups is 1. The maximum absolute atomic E-state index is 11.0. The Morgan fingerprint density at radius 2 is 2.25 bits per heavy atom. The summed E-state index contributed by atoms with van der Waals surface area (Å²) in [4.78, 5) is 23.7. The van der Waals surface area contributed by atoms with Crippen LogP contribution in [0.1, 0.15) is 5.56 Å². The molecule has 4 nitrogen and oxygen atoms in total. The molecule has 2 N–H and O–H groups in total. The zero-order valence-electron chi connectivity index (χ0n) is 6.00. The van der Waals surface area contributed by atoms with Gasteiger partial charge in [-0.2, -0.15) is 0 Å². The third kappa shape index (κ3) is 2.20. The number of carboxylic acid groups (broad SMARTS) is 1. The van der Waals surface area contributed by atoms with Crippen LogP contribution in [0, 0.1) is 0 Å². The van der Waals surface area contributed by atoms with Crippen molar-refractivity contribution in [3.8, 4) is 0 Å². The van der Waals surface area contributed by atoms with E-state index in [1.165, 1.54) is 6.07 Å². The van der Waals surface area contributed by atoms with Gasteiger partial charge in [-0.15, -0.1) is 0 Å². The largest absolute Gasteiger partial charge is 0.481 e. The first-order chi connectivity index (χ1) is 5.59. The number of nitrogens with one attached hydrogen (secondary N) is 1. The molecular formula is C7H6BrNO3. The van der Waals surface area contributed by atoms with Gasteiger partial charge in [0.15, 0.2) is 0 Å². The lowest BCUT2D eigenvalue weighted by molar-refractivity contribution is -0.136. The van der Waals surface area contributed by atoms with Crippen LogP contribution in [0.15, 0.2) is 21.5 Å². The summed E-state index contributed by atoms with van der Waals surface area (Å²) in [6.07, 6.45) is -0.247. The van der Waals surface area contributed by atoms with Crippen molar-refractivity contribution in [2.24, 2.45) is 0 Å². The standard InChI is InChI=1S/C7H6BrNO3/c8-5-2-1-4(3-6(10)11)7(12)9-5/h1-2H,3H2,(H,9,12)(H,10,11). The Labute approximate surface area is 76.4 Å². The summed E-state index contributed by atoms with van der Waals surface area (Å²) in [6.45, 7) is 0. The first kappa shape index (κ1) is 8.99. The SMILES string of the molecule is O=C(O)Cc1ccc(Br)[nH]c1=O. The van der Waals surface area contributed by atoms with Crippen molar-refractivity contribution in [1.29, 1.82) is 0 Å². The van der Waals surface area contributed by atoms with Gasteiger partial charge in [-0.05, 0) is 22.0 Å². The quantitative estimate of drug-likeness (QED) is 0.739. The minimum absolute atomic E-state index is 0.247. The molecule has 5 heteroatoms. The smallest absolute Gasteiger partial charge is 0.308 e. The van der Waals surface area contributed by atoms with E-state index in [1.807, 2.05) is 0 Å². The summed E-state index contributed by atoms with van der Waals surface area (Å²) >= 11 is 3.06. The molecule has 0 fully saturated rings. The average Bonchev–Trinajstić information content (AvgIpc) is 1.94. The van der Waals surface area contributed by atoms with Crippen molar-refractivity contribution in [1.82, 2.24) is 4.98 Å². The number of halogens is 1. The predicted octanol–water partition coefficient (Wildman–Crippen LogP) is 0.765. The van der Waals surface area contributed by atoms with Crippen LogP contribution < -0.4 is 5.56 Å². The van der Waals surface area contributed by atoms with Gasteiger partial charge < -0.3 is 10.1 Å². The van der Waals surface area contributed by atoms with Crippen molar-refractivity contribution in [3.05, 3.63) is 32.7 Å². The summed E-state index contributed by atoms with van der Waals surface area (Å²) in [7, 11) is 0. The predicted molar refractivity (Wildman–Crippen MR) is 46.1 cm³/mol. The molecule has 0 saturated carbocycles. The molecule has 1 aromatic rings. The highest BCUT2D eigenvalue weighted by Gasteiger charge is 2.04. The van der Waals surface area contributed by atoms with Gasteiger partial charge in [0.25, 0.3) is 5.56 Å². The Morgan fingerprint density at radius 1 is 1.58 bits per heavy atom. The van der Waals surface area contributed by atoms with Crippen LogP contribution in [0.25, 0.3) is 0 Å². The van der Waals surface area contributed by atoms with Gasteiger partial charge >= 0.3 is 5.97 Å². The Hall–Kier alpha value is -1.10. The van der Waals surface area contributed by atoms with Gasteiger partial charge in [0, 0.05) is 5.56 Å². The molecule has 0 saturated heterocycles.